The highest BCUT2D eigenvalue weighted by molar-refractivity contribution is 7.99. The maximum absolute atomic E-state index is 12.7. The van der Waals surface area contributed by atoms with Crippen LogP contribution in [0.4, 0.5) is 13.2 Å². The fourth-order valence-corrected chi connectivity index (χ4v) is 3.20. The molecule has 1 aliphatic heterocycles. The number of halogens is 3. The van der Waals surface area contributed by atoms with E-state index >= 15 is 0 Å². The molecule has 1 aromatic rings. The normalized spacial score (nSPS) is 21.8. The third kappa shape index (κ3) is 3.46. The smallest absolute Gasteiger partial charge is 0.374 e. The zero-order valence-electron chi connectivity index (χ0n) is 11.0. The van der Waals surface area contributed by atoms with Crippen LogP contribution in [0.1, 0.15) is 22.7 Å². The first kappa shape index (κ1) is 15.6. The summed E-state index contributed by atoms with van der Waals surface area (Å²) in [6, 6.07) is 3.41. The Hall–Kier alpha value is -0.760. The average molecular weight is 306 g/mol. The van der Waals surface area contributed by atoms with Gasteiger partial charge in [-0.1, -0.05) is 6.07 Å². The Morgan fingerprint density at radius 1 is 1.45 bits per heavy atom. The number of hydrogen-bond donors (Lipinski definition) is 2. The Morgan fingerprint density at radius 3 is 2.70 bits per heavy atom. The van der Waals surface area contributed by atoms with Gasteiger partial charge in [-0.15, -0.1) is 0 Å². The molecule has 0 amide bonds. The largest absolute Gasteiger partial charge is 0.416 e. The quantitative estimate of drug-likeness (QED) is 0.666. The maximum Gasteiger partial charge on any atom is 0.416 e. The zero-order chi connectivity index (χ0) is 14.8. The van der Waals surface area contributed by atoms with Crippen molar-refractivity contribution in [3.05, 3.63) is 34.9 Å². The number of nitrogens with one attached hydrogen (secondary N) is 1. The molecule has 1 aromatic carbocycles. The number of nitrogens with two attached hydrogens (primary N) is 1. The number of benzene rings is 1. The molecule has 0 aromatic heterocycles. The lowest BCUT2D eigenvalue weighted by molar-refractivity contribution is -0.137. The van der Waals surface area contributed by atoms with Crippen molar-refractivity contribution in [1.82, 2.24) is 5.43 Å². The van der Waals surface area contributed by atoms with E-state index in [4.69, 9.17) is 10.6 Å². The minimum atomic E-state index is -4.33. The Labute approximate surface area is 120 Å². The zero-order valence-corrected chi connectivity index (χ0v) is 11.9. The summed E-state index contributed by atoms with van der Waals surface area (Å²) in [5.41, 5.74) is 3.32. The van der Waals surface area contributed by atoms with Gasteiger partial charge >= 0.3 is 6.18 Å². The lowest BCUT2D eigenvalue weighted by Gasteiger charge is -2.31. The van der Waals surface area contributed by atoms with Gasteiger partial charge in [0.05, 0.1) is 24.3 Å². The summed E-state index contributed by atoms with van der Waals surface area (Å²) >= 11 is 1.75. The molecule has 1 saturated heterocycles. The van der Waals surface area contributed by atoms with Crippen LogP contribution in [-0.4, -0.2) is 24.2 Å². The van der Waals surface area contributed by atoms with Crippen LogP contribution < -0.4 is 11.3 Å². The molecule has 3 N–H and O–H groups in total. The van der Waals surface area contributed by atoms with Crippen molar-refractivity contribution in [1.29, 1.82) is 0 Å². The van der Waals surface area contributed by atoms with Gasteiger partial charge < -0.3 is 4.74 Å². The second-order valence-electron chi connectivity index (χ2n) is 4.70. The molecule has 3 nitrogen and oxygen atoms in total. The van der Waals surface area contributed by atoms with Crippen molar-refractivity contribution < 1.29 is 17.9 Å². The summed E-state index contributed by atoms with van der Waals surface area (Å²) in [5.74, 6) is 7.27. The van der Waals surface area contributed by atoms with Crippen molar-refractivity contribution in [3.8, 4) is 0 Å². The van der Waals surface area contributed by atoms with Gasteiger partial charge in [0.1, 0.15) is 0 Å². The second kappa shape index (κ2) is 6.34. The Bertz CT molecular complexity index is 461. The number of rotatable bonds is 3. The van der Waals surface area contributed by atoms with Crippen LogP contribution in [-0.2, 0) is 10.9 Å². The van der Waals surface area contributed by atoms with Gasteiger partial charge in [0.25, 0.3) is 0 Å². The van der Waals surface area contributed by atoms with Crippen LogP contribution in [0.2, 0.25) is 0 Å². The van der Waals surface area contributed by atoms with E-state index in [9.17, 15) is 13.2 Å². The number of hydrazine groups is 1. The summed E-state index contributed by atoms with van der Waals surface area (Å²) in [4.78, 5) is 0. The molecule has 20 heavy (non-hydrogen) atoms. The molecule has 2 rings (SSSR count). The van der Waals surface area contributed by atoms with E-state index in [1.54, 1.807) is 18.7 Å². The van der Waals surface area contributed by atoms with Gasteiger partial charge in [-0.05, 0) is 30.2 Å². The highest BCUT2D eigenvalue weighted by Crippen LogP contribution is 2.33. The molecule has 112 valence electrons. The van der Waals surface area contributed by atoms with E-state index < -0.39 is 11.7 Å². The Balaban J connectivity index is 2.26. The molecule has 2 atom stereocenters. The number of aryl methyl sites for hydroxylation is 1. The number of thioether (sulfide) groups is 1. The van der Waals surface area contributed by atoms with E-state index in [0.29, 0.717) is 12.2 Å². The topological polar surface area (TPSA) is 47.3 Å². The molecular formula is C13H17F3N2OS. The molecule has 0 saturated carbocycles. The third-order valence-corrected chi connectivity index (χ3v) is 4.34. The van der Waals surface area contributed by atoms with E-state index in [1.165, 1.54) is 6.07 Å². The van der Waals surface area contributed by atoms with Crippen molar-refractivity contribution >= 4 is 11.8 Å². The predicted octanol–water partition coefficient (Wildman–Crippen LogP) is 2.65. The van der Waals surface area contributed by atoms with Gasteiger partial charge in [-0.3, -0.25) is 11.3 Å². The fourth-order valence-electron chi connectivity index (χ4n) is 2.30. The van der Waals surface area contributed by atoms with Gasteiger partial charge in [0, 0.05) is 11.5 Å². The van der Waals surface area contributed by atoms with Gasteiger partial charge in [-0.25, -0.2) is 0 Å². The molecule has 0 radical (unpaired) electrons. The summed E-state index contributed by atoms with van der Waals surface area (Å²) in [6.45, 7) is 2.29. The fraction of sp³-hybridized carbons (Fsp3) is 0.538. The molecule has 2 unspecified atom stereocenters. The Morgan fingerprint density at radius 2 is 2.20 bits per heavy atom. The number of alkyl halides is 3. The molecule has 0 spiro atoms. The summed E-state index contributed by atoms with van der Waals surface area (Å²) < 4.78 is 43.7. The van der Waals surface area contributed by atoms with Crippen molar-refractivity contribution in [2.45, 2.75) is 25.2 Å². The minimum absolute atomic E-state index is 0.130. The highest BCUT2D eigenvalue weighted by Gasteiger charge is 2.32. The van der Waals surface area contributed by atoms with Gasteiger partial charge in [0.2, 0.25) is 0 Å². The average Bonchev–Trinajstić information content (AvgIpc) is 2.41. The van der Waals surface area contributed by atoms with E-state index in [0.717, 1.165) is 29.2 Å². The van der Waals surface area contributed by atoms with Crippen molar-refractivity contribution in [2.75, 3.05) is 18.1 Å². The highest BCUT2D eigenvalue weighted by atomic mass is 32.2. The minimum Gasteiger partial charge on any atom is -0.374 e. The summed E-state index contributed by atoms with van der Waals surface area (Å²) in [6.07, 6.45) is -4.46. The summed E-state index contributed by atoms with van der Waals surface area (Å²) in [7, 11) is 0. The molecule has 1 heterocycles. The molecule has 1 aliphatic rings. The van der Waals surface area contributed by atoms with Crippen molar-refractivity contribution in [3.63, 3.8) is 0 Å². The number of hydrogen-bond acceptors (Lipinski definition) is 4. The predicted molar refractivity (Wildman–Crippen MR) is 73.3 cm³/mol. The first-order chi connectivity index (χ1) is 9.43. The van der Waals surface area contributed by atoms with Crippen LogP contribution in [0.3, 0.4) is 0 Å². The number of ether oxygens (including phenoxy) is 1. The van der Waals surface area contributed by atoms with Crippen LogP contribution >= 0.6 is 11.8 Å². The second-order valence-corrected chi connectivity index (χ2v) is 5.85. The van der Waals surface area contributed by atoms with Crippen LogP contribution in [0.5, 0.6) is 0 Å². The molecule has 0 bridgehead atoms. The Kier molecular flexibility index (Phi) is 4.95. The first-order valence-corrected chi connectivity index (χ1v) is 7.42. The lowest BCUT2D eigenvalue weighted by atomic mass is 9.96. The van der Waals surface area contributed by atoms with Crippen LogP contribution in [0, 0.1) is 6.92 Å². The lowest BCUT2D eigenvalue weighted by Crippen LogP contribution is -2.41. The van der Waals surface area contributed by atoms with Crippen LogP contribution in [0.25, 0.3) is 0 Å². The van der Waals surface area contributed by atoms with Gasteiger partial charge in [0.15, 0.2) is 0 Å². The third-order valence-electron chi connectivity index (χ3n) is 3.33. The van der Waals surface area contributed by atoms with Crippen LogP contribution in [0.15, 0.2) is 18.2 Å². The van der Waals surface area contributed by atoms with Gasteiger partial charge in [-0.2, -0.15) is 24.9 Å². The van der Waals surface area contributed by atoms with E-state index in [2.05, 4.69) is 5.43 Å². The SMILES string of the molecule is Cc1cc(C(F)(F)F)ccc1C(NN)C1CSCCO1. The molecule has 1 fully saturated rings. The molecule has 0 aliphatic carbocycles. The summed E-state index contributed by atoms with van der Waals surface area (Å²) in [5, 5.41) is 0. The monoisotopic (exact) mass is 306 g/mol. The maximum atomic E-state index is 12.7. The van der Waals surface area contributed by atoms with Crippen molar-refractivity contribution in [2.24, 2.45) is 5.84 Å². The first-order valence-electron chi connectivity index (χ1n) is 6.26. The van der Waals surface area contributed by atoms with E-state index in [-0.39, 0.29) is 12.1 Å². The molecular weight excluding hydrogens is 289 g/mol. The molecule has 7 heteroatoms. The standard InChI is InChI=1S/C13H17F3N2OS/c1-8-6-9(13(14,15)16)2-3-10(8)12(18-17)11-7-20-5-4-19-11/h2-3,6,11-12,18H,4-5,7,17H2,1H3. The van der Waals surface area contributed by atoms with E-state index in [1.807, 2.05) is 0 Å².